The summed E-state index contributed by atoms with van der Waals surface area (Å²) in [6.07, 6.45) is 3.78. The molecule has 3 rings (SSSR count). The second-order valence-electron chi connectivity index (χ2n) is 4.75. The second-order valence-corrected chi connectivity index (χ2v) is 5.83. The summed E-state index contributed by atoms with van der Waals surface area (Å²) in [4.78, 5) is 25.0. The van der Waals surface area contributed by atoms with Gasteiger partial charge in [0.05, 0.1) is 10.6 Å². The Kier molecular flexibility index (Phi) is 3.29. The highest BCUT2D eigenvalue weighted by Crippen LogP contribution is 2.37. The summed E-state index contributed by atoms with van der Waals surface area (Å²) in [5.41, 5.74) is 0.799. The first-order valence-corrected chi connectivity index (χ1v) is 7.12. The van der Waals surface area contributed by atoms with Crippen LogP contribution in [0, 0.1) is 5.92 Å². The van der Waals surface area contributed by atoms with E-state index in [2.05, 4.69) is 10.6 Å². The highest BCUT2D eigenvalue weighted by molar-refractivity contribution is 8.04. The van der Waals surface area contributed by atoms with Crippen LogP contribution in [0.25, 0.3) is 0 Å². The van der Waals surface area contributed by atoms with Crippen molar-refractivity contribution in [3.05, 3.63) is 35.2 Å². The van der Waals surface area contributed by atoms with Gasteiger partial charge in [-0.25, -0.2) is 0 Å². The Morgan fingerprint density at radius 3 is 3.00 bits per heavy atom. The number of amides is 2. The van der Waals surface area contributed by atoms with Crippen molar-refractivity contribution in [1.82, 2.24) is 5.32 Å². The zero-order valence-corrected chi connectivity index (χ0v) is 11.1. The molecule has 0 radical (unpaired) electrons. The van der Waals surface area contributed by atoms with E-state index in [0.29, 0.717) is 17.4 Å². The SMILES string of the molecule is O=C(/C=C1/Sc2ccccc2NC1=O)NCC1CC1. The maximum Gasteiger partial charge on any atom is 0.262 e. The van der Waals surface area contributed by atoms with Gasteiger partial charge < -0.3 is 10.6 Å². The summed E-state index contributed by atoms with van der Waals surface area (Å²) in [6, 6.07) is 7.56. The predicted octanol–water partition coefficient (Wildman–Crippen LogP) is 2.14. The molecule has 0 unspecified atom stereocenters. The Bertz CT molecular complexity index is 564. The fourth-order valence-electron chi connectivity index (χ4n) is 1.84. The summed E-state index contributed by atoms with van der Waals surface area (Å²) < 4.78 is 0. The number of hydrogen-bond donors (Lipinski definition) is 2. The molecule has 1 aliphatic carbocycles. The Morgan fingerprint density at radius 1 is 1.42 bits per heavy atom. The number of thioether (sulfide) groups is 1. The third-order valence-electron chi connectivity index (χ3n) is 3.10. The third-order valence-corrected chi connectivity index (χ3v) is 4.20. The number of rotatable bonds is 3. The van der Waals surface area contributed by atoms with E-state index in [9.17, 15) is 9.59 Å². The summed E-state index contributed by atoms with van der Waals surface area (Å²) in [5.74, 6) is 0.227. The minimum absolute atomic E-state index is 0.191. The highest BCUT2D eigenvalue weighted by atomic mass is 32.2. The Balaban J connectivity index is 1.70. The van der Waals surface area contributed by atoms with Crippen molar-refractivity contribution in [2.45, 2.75) is 17.7 Å². The summed E-state index contributed by atoms with van der Waals surface area (Å²) >= 11 is 1.33. The average molecular weight is 274 g/mol. The molecule has 2 amide bonds. The zero-order chi connectivity index (χ0) is 13.2. The van der Waals surface area contributed by atoms with Crippen molar-refractivity contribution in [3.63, 3.8) is 0 Å². The minimum Gasteiger partial charge on any atom is -0.352 e. The van der Waals surface area contributed by atoms with Crippen LogP contribution in [-0.2, 0) is 9.59 Å². The smallest absolute Gasteiger partial charge is 0.262 e. The first kappa shape index (κ1) is 12.3. The molecule has 0 aromatic heterocycles. The van der Waals surface area contributed by atoms with Gasteiger partial charge in [0, 0.05) is 17.5 Å². The summed E-state index contributed by atoms with van der Waals surface area (Å²) in [6.45, 7) is 0.714. The van der Waals surface area contributed by atoms with Gasteiger partial charge in [0.15, 0.2) is 0 Å². The molecule has 1 aromatic rings. The summed E-state index contributed by atoms with van der Waals surface area (Å²) in [5, 5.41) is 5.61. The molecule has 2 aliphatic rings. The fourth-order valence-corrected chi connectivity index (χ4v) is 2.76. The largest absolute Gasteiger partial charge is 0.352 e. The van der Waals surface area contributed by atoms with Crippen LogP contribution in [0.2, 0.25) is 0 Å². The molecule has 19 heavy (non-hydrogen) atoms. The van der Waals surface area contributed by atoms with Gasteiger partial charge in [-0.2, -0.15) is 0 Å². The maximum atomic E-state index is 11.9. The Hall–Kier alpha value is -1.75. The van der Waals surface area contributed by atoms with E-state index in [4.69, 9.17) is 0 Å². The molecule has 2 N–H and O–H groups in total. The summed E-state index contributed by atoms with van der Waals surface area (Å²) in [7, 11) is 0. The molecule has 0 saturated heterocycles. The van der Waals surface area contributed by atoms with Gasteiger partial charge in [-0.05, 0) is 30.9 Å². The molecule has 1 aromatic carbocycles. The third kappa shape index (κ3) is 2.98. The van der Waals surface area contributed by atoms with Crippen LogP contribution in [0.3, 0.4) is 0 Å². The number of carbonyl (C=O) groups excluding carboxylic acids is 2. The van der Waals surface area contributed by atoms with Gasteiger partial charge >= 0.3 is 0 Å². The van der Waals surface area contributed by atoms with Gasteiger partial charge in [-0.3, -0.25) is 9.59 Å². The van der Waals surface area contributed by atoms with Gasteiger partial charge in [0.2, 0.25) is 5.91 Å². The van der Waals surface area contributed by atoms with Crippen molar-refractivity contribution in [3.8, 4) is 0 Å². The number of nitrogens with one attached hydrogen (secondary N) is 2. The quantitative estimate of drug-likeness (QED) is 0.830. The number of carbonyl (C=O) groups is 2. The number of hydrogen-bond acceptors (Lipinski definition) is 3. The molecule has 1 fully saturated rings. The molecular weight excluding hydrogens is 260 g/mol. The van der Waals surface area contributed by atoms with Crippen LogP contribution >= 0.6 is 11.8 Å². The number of anilines is 1. The Labute approximate surface area is 115 Å². The minimum atomic E-state index is -0.217. The van der Waals surface area contributed by atoms with E-state index >= 15 is 0 Å². The predicted molar refractivity (Wildman–Crippen MR) is 74.7 cm³/mol. The average Bonchev–Trinajstić information content (AvgIpc) is 3.21. The van der Waals surface area contributed by atoms with Crippen molar-refractivity contribution < 1.29 is 9.59 Å². The van der Waals surface area contributed by atoms with Crippen LogP contribution < -0.4 is 10.6 Å². The molecule has 1 aliphatic heterocycles. The molecule has 0 atom stereocenters. The van der Waals surface area contributed by atoms with Gasteiger partial charge in [0.25, 0.3) is 5.91 Å². The van der Waals surface area contributed by atoms with Crippen LogP contribution in [0.5, 0.6) is 0 Å². The van der Waals surface area contributed by atoms with Gasteiger partial charge in [-0.15, -0.1) is 0 Å². The van der Waals surface area contributed by atoms with E-state index in [0.717, 1.165) is 10.6 Å². The maximum absolute atomic E-state index is 11.9. The monoisotopic (exact) mass is 274 g/mol. The standard InChI is InChI=1S/C14H14N2O2S/c17-13(15-8-9-5-6-9)7-12-14(18)16-10-3-1-2-4-11(10)19-12/h1-4,7,9H,5-6,8H2,(H,15,17)(H,16,18)/b12-7+. The van der Waals surface area contributed by atoms with Crippen molar-refractivity contribution in [1.29, 1.82) is 0 Å². The molecule has 98 valence electrons. The Morgan fingerprint density at radius 2 is 2.21 bits per heavy atom. The van der Waals surface area contributed by atoms with Crippen LogP contribution in [-0.4, -0.2) is 18.4 Å². The van der Waals surface area contributed by atoms with E-state index in [1.54, 1.807) is 0 Å². The lowest BCUT2D eigenvalue weighted by atomic mass is 10.3. The normalized spacial score (nSPS) is 19.8. The van der Waals surface area contributed by atoms with E-state index < -0.39 is 0 Å². The zero-order valence-electron chi connectivity index (χ0n) is 10.3. The fraction of sp³-hybridized carbons (Fsp3) is 0.286. The number of para-hydroxylation sites is 1. The molecule has 1 heterocycles. The van der Waals surface area contributed by atoms with E-state index in [-0.39, 0.29) is 11.8 Å². The first-order chi connectivity index (χ1) is 9.22. The van der Waals surface area contributed by atoms with Gasteiger partial charge in [-0.1, -0.05) is 23.9 Å². The highest BCUT2D eigenvalue weighted by Gasteiger charge is 2.23. The molecule has 0 spiro atoms. The first-order valence-electron chi connectivity index (χ1n) is 6.30. The molecule has 0 bridgehead atoms. The van der Waals surface area contributed by atoms with Crippen LogP contribution in [0.1, 0.15) is 12.8 Å². The topological polar surface area (TPSA) is 58.2 Å². The van der Waals surface area contributed by atoms with Crippen LogP contribution in [0.4, 0.5) is 5.69 Å². The van der Waals surface area contributed by atoms with E-state index in [1.807, 2.05) is 24.3 Å². The van der Waals surface area contributed by atoms with Crippen molar-refractivity contribution in [2.75, 3.05) is 11.9 Å². The molecular formula is C14H14N2O2S. The van der Waals surface area contributed by atoms with Gasteiger partial charge in [0.1, 0.15) is 0 Å². The van der Waals surface area contributed by atoms with Crippen LogP contribution in [0.15, 0.2) is 40.1 Å². The second kappa shape index (κ2) is 5.09. The lowest BCUT2D eigenvalue weighted by molar-refractivity contribution is -0.117. The van der Waals surface area contributed by atoms with E-state index in [1.165, 1.54) is 30.7 Å². The molecule has 5 heteroatoms. The number of fused-ring (bicyclic) bond motifs is 1. The molecule has 1 saturated carbocycles. The van der Waals surface area contributed by atoms with Crippen molar-refractivity contribution >= 4 is 29.3 Å². The number of benzene rings is 1. The van der Waals surface area contributed by atoms with Crippen molar-refractivity contribution in [2.24, 2.45) is 5.92 Å². The lowest BCUT2D eigenvalue weighted by Gasteiger charge is -2.17. The lowest BCUT2D eigenvalue weighted by Crippen LogP contribution is -2.25. The molecule has 4 nitrogen and oxygen atoms in total.